The second-order valence-electron chi connectivity index (χ2n) is 3.40. The van der Waals surface area contributed by atoms with Crippen molar-refractivity contribution in [3.05, 3.63) is 34.7 Å². The lowest BCUT2D eigenvalue weighted by molar-refractivity contribution is 0.736. The molecule has 74 valence electrons. The topological polar surface area (TPSA) is 43.3 Å². The number of aromatic nitrogens is 2. The Morgan fingerprint density at radius 2 is 2.36 bits per heavy atom. The second-order valence-corrected chi connectivity index (χ2v) is 4.31. The fourth-order valence-electron chi connectivity index (χ4n) is 1.46. The van der Waals surface area contributed by atoms with Crippen LogP contribution in [-0.2, 0) is 0 Å². The average molecular weight is 254 g/mol. The van der Waals surface area contributed by atoms with Crippen molar-refractivity contribution < 1.29 is 0 Å². The lowest BCUT2D eigenvalue weighted by atomic mass is 10.1. The highest BCUT2D eigenvalue weighted by Gasteiger charge is 2.09. The summed E-state index contributed by atoms with van der Waals surface area (Å²) in [6.45, 7) is 2.74. The van der Waals surface area contributed by atoms with E-state index in [-0.39, 0.29) is 0 Å². The number of hydrogen-bond acceptors (Lipinski definition) is 2. The zero-order chi connectivity index (χ0) is 10.1. The largest absolute Gasteiger partial charge is 0.330 e. The zero-order valence-electron chi connectivity index (χ0n) is 7.94. The smallest absolute Gasteiger partial charge is 0.136 e. The van der Waals surface area contributed by atoms with E-state index >= 15 is 0 Å². The molecule has 0 bridgehead atoms. The number of pyridine rings is 1. The number of nitrogens with zero attached hydrogens (tertiary/aromatic N) is 2. The molecule has 0 saturated carbocycles. The van der Waals surface area contributed by atoms with Gasteiger partial charge in [0, 0.05) is 35.0 Å². The van der Waals surface area contributed by atoms with E-state index in [9.17, 15) is 0 Å². The van der Waals surface area contributed by atoms with Gasteiger partial charge in [-0.15, -0.1) is 0 Å². The van der Waals surface area contributed by atoms with Crippen molar-refractivity contribution in [2.75, 3.05) is 6.54 Å². The van der Waals surface area contributed by atoms with Crippen LogP contribution in [0.15, 0.2) is 29.0 Å². The molecule has 2 aromatic heterocycles. The van der Waals surface area contributed by atoms with E-state index in [2.05, 4.69) is 32.2 Å². The van der Waals surface area contributed by atoms with Crippen molar-refractivity contribution in [3.8, 4) is 0 Å². The summed E-state index contributed by atoms with van der Waals surface area (Å²) in [7, 11) is 0. The summed E-state index contributed by atoms with van der Waals surface area (Å²) in [5.41, 5.74) is 7.76. The Labute approximate surface area is 91.1 Å². The maximum atomic E-state index is 5.64. The Morgan fingerprint density at radius 1 is 1.57 bits per heavy atom. The van der Waals surface area contributed by atoms with Crippen molar-refractivity contribution in [2.24, 2.45) is 5.73 Å². The highest BCUT2D eigenvalue weighted by Crippen LogP contribution is 2.18. The van der Waals surface area contributed by atoms with Gasteiger partial charge in [0.1, 0.15) is 5.65 Å². The van der Waals surface area contributed by atoms with Crippen LogP contribution in [0.1, 0.15) is 18.5 Å². The fraction of sp³-hybridized carbons (Fsp3) is 0.300. The monoisotopic (exact) mass is 253 g/mol. The van der Waals surface area contributed by atoms with E-state index in [0.717, 1.165) is 15.8 Å². The number of rotatable bonds is 2. The van der Waals surface area contributed by atoms with Crippen LogP contribution in [-0.4, -0.2) is 15.9 Å². The van der Waals surface area contributed by atoms with Gasteiger partial charge in [0.25, 0.3) is 0 Å². The summed E-state index contributed by atoms with van der Waals surface area (Å²) < 4.78 is 3.12. The van der Waals surface area contributed by atoms with Crippen LogP contribution < -0.4 is 5.73 Å². The van der Waals surface area contributed by atoms with Gasteiger partial charge in [-0.25, -0.2) is 4.98 Å². The molecule has 0 aliphatic rings. The first-order chi connectivity index (χ1) is 6.72. The first-order valence-corrected chi connectivity index (χ1v) is 5.34. The summed E-state index contributed by atoms with van der Waals surface area (Å²) in [4.78, 5) is 4.32. The van der Waals surface area contributed by atoms with Gasteiger partial charge in [0.05, 0.1) is 0 Å². The summed E-state index contributed by atoms with van der Waals surface area (Å²) in [6, 6.07) is 3.97. The number of hydrogen-bond donors (Lipinski definition) is 1. The Balaban J connectivity index is 2.61. The minimum atomic E-state index is 0.333. The number of fused-ring (bicyclic) bond motifs is 1. The van der Waals surface area contributed by atoms with Crippen molar-refractivity contribution in [2.45, 2.75) is 12.8 Å². The molecule has 0 aliphatic carbocycles. The predicted octanol–water partition coefficient (Wildman–Crippen LogP) is 2.16. The van der Waals surface area contributed by atoms with Crippen molar-refractivity contribution in [1.82, 2.24) is 9.38 Å². The molecule has 2 N–H and O–H groups in total. The molecule has 0 radical (unpaired) electrons. The molecule has 1 atom stereocenters. The second kappa shape index (κ2) is 3.71. The van der Waals surface area contributed by atoms with Gasteiger partial charge < -0.3 is 10.1 Å². The lowest BCUT2D eigenvalue weighted by Gasteiger charge is -2.07. The van der Waals surface area contributed by atoms with E-state index in [1.54, 1.807) is 0 Å². The highest BCUT2D eigenvalue weighted by molar-refractivity contribution is 9.10. The zero-order valence-corrected chi connectivity index (χ0v) is 9.53. The molecular weight excluding hydrogens is 242 g/mol. The van der Waals surface area contributed by atoms with Crippen LogP contribution in [0.4, 0.5) is 0 Å². The van der Waals surface area contributed by atoms with Crippen LogP contribution in [0.3, 0.4) is 0 Å². The van der Waals surface area contributed by atoms with E-state index in [4.69, 9.17) is 5.73 Å². The Kier molecular flexibility index (Phi) is 2.56. The van der Waals surface area contributed by atoms with Crippen LogP contribution in [0.5, 0.6) is 0 Å². The first-order valence-electron chi connectivity index (χ1n) is 4.55. The van der Waals surface area contributed by atoms with Gasteiger partial charge in [0.15, 0.2) is 0 Å². The first kappa shape index (κ1) is 9.68. The lowest BCUT2D eigenvalue weighted by Crippen LogP contribution is -2.10. The normalized spacial score (nSPS) is 13.4. The van der Waals surface area contributed by atoms with Gasteiger partial charge in [-0.05, 0) is 28.1 Å². The molecule has 0 spiro atoms. The fourth-order valence-corrected chi connectivity index (χ4v) is 1.80. The van der Waals surface area contributed by atoms with Gasteiger partial charge in [-0.2, -0.15) is 0 Å². The SMILES string of the molecule is C[C@H](CN)c1cnc2ccc(Br)cn12. The molecule has 0 unspecified atom stereocenters. The van der Waals surface area contributed by atoms with Crippen LogP contribution >= 0.6 is 15.9 Å². The molecule has 0 aliphatic heterocycles. The van der Waals surface area contributed by atoms with Gasteiger partial charge in [0.2, 0.25) is 0 Å². The third-order valence-electron chi connectivity index (χ3n) is 2.36. The predicted molar refractivity (Wildman–Crippen MR) is 60.4 cm³/mol. The number of imidazole rings is 1. The van der Waals surface area contributed by atoms with Crippen molar-refractivity contribution in [1.29, 1.82) is 0 Å². The Hall–Kier alpha value is -0.870. The van der Waals surface area contributed by atoms with Crippen LogP contribution in [0.2, 0.25) is 0 Å². The molecule has 14 heavy (non-hydrogen) atoms. The van der Waals surface area contributed by atoms with Crippen molar-refractivity contribution >= 4 is 21.6 Å². The van der Waals surface area contributed by atoms with E-state index in [1.165, 1.54) is 0 Å². The molecule has 3 nitrogen and oxygen atoms in total. The minimum Gasteiger partial charge on any atom is -0.330 e. The molecule has 0 amide bonds. The van der Waals surface area contributed by atoms with E-state index in [0.29, 0.717) is 12.5 Å². The van der Waals surface area contributed by atoms with Crippen LogP contribution in [0.25, 0.3) is 5.65 Å². The quantitative estimate of drug-likeness (QED) is 0.892. The summed E-state index contributed by atoms with van der Waals surface area (Å²) >= 11 is 3.44. The molecule has 2 heterocycles. The third kappa shape index (κ3) is 1.55. The molecule has 0 fully saturated rings. The molecule has 0 aromatic carbocycles. The maximum absolute atomic E-state index is 5.64. The maximum Gasteiger partial charge on any atom is 0.136 e. The molecule has 2 aromatic rings. The minimum absolute atomic E-state index is 0.333. The van der Waals surface area contributed by atoms with Gasteiger partial charge >= 0.3 is 0 Å². The molecule has 4 heteroatoms. The van der Waals surface area contributed by atoms with Gasteiger partial charge in [-0.3, -0.25) is 0 Å². The Morgan fingerprint density at radius 3 is 3.07 bits per heavy atom. The van der Waals surface area contributed by atoms with E-state index in [1.807, 2.05) is 24.5 Å². The summed E-state index contributed by atoms with van der Waals surface area (Å²) in [5.74, 6) is 0.333. The standard InChI is InChI=1S/C10H12BrN3/c1-7(4-12)9-5-13-10-3-2-8(11)6-14(9)10/h2-3,5-7H,4,12H2,1H3/t7-/m1/s1. The molecule has 0 saturated heterocycles. The van der Waals surface area contributed by atoms with E-state index < -0.39 is 0 Å². The van der Waals surface area contributed by atoms with Gasteiger partial charge in [-0.1, -0.05) is 6.92 Å². The Bertz CT molecular complexity index is 450. The molecule has 2 rings (SSSR count). The summed E-state index contributed by atoms with van der Waals surface area (Å²) in [5, 5.41) is 0. The summed E-state index contributed by atoms with van der Waals surface area (Å²) in [6.07, 6.45) is 3.91. The average Bonchev–Trinajstić information content (AvgIpc) is 2.59. The highest BCUT2D eigenvalue weighted by atomic mass is 79.9. The number of halogens is 1. The van der Waals surface area contributed by atoms with Crippen LogP contribution in [0, 0.1) is 0 Å². The van der Waals surface area contributed by atoms with Crippen molar-refractivity contribution in [3.63, 3.8) is 0 Å². The molecular formula is C10H12BrN3. The number of nitrogens with two attached hydrogens (primary N) is 1. The third-order valence-corrected chi connectivity index (χ3v) is 2.83.